The predicted molar refractivity (Wildman–Crippen MR) is 114 cm³/mol. The molecule has 0 saturated carbocycles. The summed E-state index contributed by atoms with van der Waals surface area (Å²) < 4.78 is 55.3. The van der Waals surface area contributed by atoms with E-state index < -0.39 is 20.0 Å². The van der Waals surface area contributed by atoms with Gasteiger partial charge in [0.1, 0.15) is 4.21 Å². The van der Waals surface area contributed by atoms with Gasteiger partial charge in [-0.15, -0.1) is 11.3 Å². The topological polar surface area (TPSA) is 83.6 Å². The Hall–Kier alpha value is -2.20. The molecule has 3 aromatic rings. The molecule has 0 saturated heterocycles. The minimum atomic E-state index is -3.67. The number of rotatable bonds is 5. The number of fused-ring (bicyclic) bond motifs is 1. The number of thiophene rings is 1. The fourth-order valence-corrected chi connectivity index (χ4v) is 7.08. The molecular formula is C20H20N2O4S3. The average molecular weight is 449 g/mol. The molecule has 0 spiro atoms. The molecule has 1 N–H and O–H groups in total. The molecule has 0 atom stereocenters. The van der Waals surface area contributed by atoms with Crippen molar-refractivity contribution in [3.05, 3.63) is 76.7 Å². The molecule has 0 radical (unpaired) electrons. The third-order valence-electron chi connectivity index (χ3n) is 4.80. The van der Waals surface area contributed by atoms with Crippen LogP contribution in [0.3, 0.4) is 0 Å². The lowest BCUT2D eigenvalue weighted by Gasteiger charge is -2.28. The molecule has 0 unspecified atom stereocenters. The van der Waals surface area contributed by atoms with Gasteiger partial charge in [0.05, 0.1) is 4.90 Å². The van der Waals surface area contributed by atoms with Gasteiger partial charge in [-0.25, -0.2) is 16.8 Å². The maximum Gasteiger partial charge on any atom is 0.271 e. The van der Waals surface area contributed by atoms with Crippen LogP contribution in [0.2, 0.25) is 0 Å². The van der Waals surface area contributed by atoms with Crippen molar-refractivity contribution in [1.82, 2.24) is 4.31 Å². The number of hydrogen-bond acceptors (Lipinski definition) is 5. The Kier molecular flexibility index (Phi) is 5.24. The van der Waals surface area contributed by atoms with Crippen LogP contribution in [0.1, 0.15) is 16.0 Å². The molecule has 4 rings (SSSR count). The summed E-state index contributed by atoms with van der Waals surface area (Å²) in [7, 11) is -7.26. The zero-order valence-corrected chi connectivity index (χ0v) is 18.1. The molecule has 152 valence electrons. The van der Waals surface area contributed by atoms with Gasteiger partial charge in [-0.05, 0) is 60.9 Å². The molecular weight excluding hydrogens is 428 g/mol. The van der Waals surface area contributed by atoms with Crippen molar-refractivity contribution in [2.45, 2.75) is 29.0 Å². The Balaban J connectivity index is 1.59. The molecule has 0 aliphatic carbocycles. The van der Waals surface area contributed by atoms with Crippen LogP contribution in [-0.2, 0) is 33.0 Å². The number of benzene rings is 2. The van der Waals surface area contributed by atoms with Crippen LogP contribution in [0, 0.1) is 6.92 Å². The Morgan fingerprint density at radius 2 is 1.69 bits per heavy atom. The number of anilines is 1. The van der Waals surface area contributed by atoms with Crippen LogP contribution in [0.15, 0.2) is 69.8 Å². The van der Waals surface area contributed by atoms with Crippen LogP contribution in [0.25, 0.3) is 0 Å². The highest BCUT2D eigenvalue weighted by atomic mass is 32.2. The first-order valence-electron chi connectivity index (χ1n) is 9.02. The molecule has 0 fully saturated rings. The Morgan fingerprint density at radius 1 is 0.931 bits per heavy atom. The van der Waals surface area contributed by atoms with Crippen molar-refractivity contribution in [2.75, 3.05) is 11.3 Å². The summed E-state index contributed by atoms with van der Waals surface area (Å²) in [4.78, 5) is 1.17. The summed E-state index contributed by atoms with van der Waals surface area (Å²) in [5.74, 6) is 0. The van der Waals surface area contributed by atoms with E-state index in [1.165, 1.54) is 15.6 Å². The van der Waals surface area contributed by atoms with Gasteiger partial charge in [-0.1, -0.05) is 24.3 Å². The van der Waals surface area contributed by atoms with E-state index in [1.54, 1.807) is 54.6 Å². The summed E-state index contributed by atoms with van der Waals surface area (Å²) in [5, 5.41) is 0. The second kappa shape index (κ2) is 7.56. The van der Waals surface area contributed by atoms with Crippen LogP contribution >= 0.6 is 11.3 Å². The fourth-order valence-electron chi connectivity index (χ4n) is 3.30. The number of aryl methyl sites for hydroxylation is 1. The quantitative estimate of drug-likeness (QED) is 0.646. The lowest BCUT2D eigenvalue weighted by Crippen LogP contribution is -2.36. The normalized spacial score (nSPS) is 15.1. The third-order valence-corrected chi connectivity index (χ3v) is 9.53. The highest BCUT2D eigenvalue weighted by molar-refractivity contribution is 7.94. The van der Waals surface area contributed by atoms with Crippen LogP contribution < -0.4 is 4.72 Å². The zero-order valence-electron chi connectivity index (χ0n) is 15.7. The van der Waals surface area contributed by atoms with Gasteiger partial charge >= 0.3 is 0 Å². The maximum absolute atomic E-state index is 12.9. The van der Waals surface area contributed by atoms with Crippen molar-refractivity contribution >= 4 is 37.1 Å². The first kappa shape index (κ1) is 20.1. The minimum Gasteiger partial charge on any atom is -0.279 e. The zero-order chi connectivity index (χ0) is 20.6. The van der Waals surface area contributed by atoms with Gasteiger partial charge in [0.25, 0.3) is 10.0 Å². The van der Waals surface area contributed by atoms with E-state index in [2.05, 4.69) is 4.72 Å². The van der Waals surface area contributed by atoms with E-state index in [9.17, 15) is 16.8 Å². The van der Waals surface area contributed by atoms with E-state index in [1.807, 2.05) is 13.0 Å². The van der Waals surface area contributed by atoms with Crippen LogP contribution in [0.4, 0.5) is 5.69 Å². The Morgan fingerprint density at radius 3 is 2.38 bits per heavy atom. The van der Waals surface area contributed by atoms with Crippen molar-refractivity contribution in [3.8, 4) is 0 Å². The first-order valence-corrected chi connectivity index (χ1v) is 12.8. The number of nitrogens with zero attached hydrogens (tertiary/aromatic N) is 1. The highest BCUT2D eigenvalue weighted by Crippen LogP contribution is 2.29. The Labute approximate surface area is 174 Å². The molecule has 0 amide bonds. The predicted octanol–water partition coefficient (Wildman–Crippen LogP) is 3.60. The third kappa shape index (κ3) is 4.09. The smallest absolute Gasteiger partial charge is 0.271 e. The Bertz CT molecular complexity index is 1250. The lowest BCUT2D eigenvalue weighted by atomic mass is 10.0. The van der Waals surface area contributed by atoms with E-state index >= 15 is 0 Å². The molecule has 6 nitrogen and oxygen atoms in total. The average Bonchev–Trinajstić information content (AvgIpc) is 3.15. The van der Waals surface area contributed by atoms with Gasteiger partial charge < -0.3 is 0 Å². The standard InChI is InChI=1S/C20H20N2O4S3/c1-15-7-10-20(27-15)28(23,24)21-18-9-8-16-11-12-22(14-17(16)13-18)29(25,26)19-5-3-2-4-6-19/h2-10,13,21H,11-12,14H2,1H3. The molecule has 0 bridgehead atoms. The van der Waals surface area contributed by atoms with E-state index in [0.717, 1.165) is 16.0 Å². The minimum absolute atomic E-state index is 0.209. The lowest BCUT2D eigenvalue weighted by molar-refractivity contribution is 0.391. The second-order valence-electron chi connectivity index (χ2n) is 6.86. The molecule has 2 aromatic carbocycles. The van der Waals surface area contributed by atoms with Gasteiger partial charge in [-0.2, -0.15) is 4.31 Å². The first-order chi connectivity index (χ1) is 13.8. The molecule has 1 aliphatic heterocycles. The van der Waals surface area contributed by atoms with Crippen molar-refractivity contribution < 1.29 is 16.8 Å². The summed E-state index contributed by atoms with van der Waals surface area (Å²) in [6.07, 6.45) is 0.582. The molecule has 1 aliphatic rings. The summed E-state index contributed by atoms with van der Waals surface area (Å²) in [5.41, 5.74) is 2.26. The number of hydrogen-bond donors (Lipinski definition) is 1. The second-order valence-corrected chi connectivity index (χ2v) is 12.0. The maximum atomic E-state index is 12.9. The monoisotopic (exact) mass is 448 g/mol. The van der Waals surface area contributed by atoms with Crippen molar-refractivity contribution in [1.29, 1.82) is 0 Å². The van der Waals surface area contributed by atoms with Gasteiger partial charge in [-0.3, -0.25) is 4.72 Å². The number of sulfonamides is 2. The van der Waals surface area contributed by atoms with Gasteiger partial charge in [0.2, 0.25) is 10.0 Å². The largest absolute Gasteiger partial charge is 0.279 e. The van der Waals surface area contributed by atoms with Crippen LogP contribution in [-0.4, -0.2) is 27.7 Å². The van der Waals surface area contributed by atoms with E-state index in [-0.39, 0.29) is 15.6 Å². The SMILES string of the molecule is Cc1ccc(S(=O)(=O)Nc2ccc3c(c2)CN(S(=O)(=O)c2ccccc2)CC3)s1. The summed E-state index contributed by atoms with van der Waals surface area (Å²) >= 11 is 1.21. The van der Waals surface area contributed by atoms with Gasteiger partial charge in [0.15, 0.2) is 0 Å². The summed E-state index contributed by atoms with van der Waals surface area (Å²) in [6, 6.07) is 17.0. The van der Waals surface area contributed by atoms with E-state index in [4.69, 9.17) is 0 Å². The molecule has 1 aromatic heterocycles. The molecule has 29 heavy (non-hydrogen) atoms. The van der Waals surface area contributed by atoms with E-state index in [0.29, 0.717) is 18.7 Å². The number of nitrogens with one attached hydrogen (secondary N) is 1. The van der Waals surface area contributed by atoms with Gasteiger partial charge in [0, 0.05) is 23.7 Å². The summed E-state index contributed by atoms with van der Waals surface area (Å²) in [6.45, 7) is 2.45. The fraction of sp³-hybridized carbons (Fsp3) is 0.200. The molecule has 2 heterocycles. The highest BCUT2D eigenvalue weighted by Gasteiger charge is 2.28. The van der Waals surface area contributed by atoms with Crippen molar-refractivity contribution in [3.63, 3.8) is 0 Å². The molecule has 9 heteroatoms. The van der Waals surface area contributed by atoms with Crippen LogP contribution in [0.5, 0.6) is 0 Å². The van der Waals surface area contributed by atoms with Crippen molar-refractivity contribution in [2.24, 2.45) is 0 Å².